The summed E-state index contributed by atoms with van der Waals surface area (Å²) in [6.45, 7) is 2.53. The lowest BCUT2D eigenvalue weighted by atomic mass is 10.2. The zero-order valence-electron chi connectivity index (χ0n) is 14.5. The van der Waals surface area contributed by atoms with Gasteiger partial charge in [0.25, 0.3) is 5.91 Å². The van der Waals surface area contributed by atoms with Crippen LogP contribution >= 0.6 is 11.6 Å². The van der Waals surface area contributed by atoms with Crippen LogP contribution in [0.25, 0.3) is 0 Å². The molecule has 3 aromatic carbocycles. The molecule has 1 N–H and O–H groups in total. The van der Waals surface area contributed by atoms with Crippen LogP contribution in [0.2, 0.25) is 5.02 Å². The second-order valence-electron chi connectivity index (χ2n) is 5.61. The van der Waals surface area contributed by atoms with Crippen molar-refractivity contribution in [1.29, 1.82) is 0 Å². The number of amides is 1. The van der Waals surface area contributed by atoms with Crippen LogP contribution < -0.4 is 14.8 Å². The third-order valence-electron chi connectivity index (χ3n) is 3.66. The highest BCUT2D eigenvalue weighted by Gasteiger charge is 2.11. The molecule has 0 radical (unpaired) electrons. The van der Waals surface area contributed by atoms with Gasteiger partial charge in [0.15, 0.2) is 0 Å². The summed E-state index contributed by atoms with van der Waals surface area (Å²) >= 11 is 5.91. The number of rotatable bonds is 6. The molecule has 0 aliphatic rings. The molecule has 4 nitrogen and oxygen atoms in total. The molecule has 27 heavy (non-hydrogen) atoms. The molecule has 3 rings (SSSR count). The summed E-state index contributed by atoms with van der Waals surface area (Å²) in [5.41, 5.74) is 0.771. The van der Waals surface area contributed by atoms with E-state index in [0.717, 1.165) is 11.8 Å². The second kappa shape index (κ2) is 8.56. The lowest BCUT2D eigenvalue weighted by Gasteiger charge is -2.09. The predicted molar refractivity (Wildman–Crippen MR) is 103 cm³/mol. The number of carbonyl (C=O) groups is 1. The van der Waals surface area contributed by atoms with E-state index in [2.05, 4.69) is 5.32 Å². The highest BCUT2D eigenvalue weighted by molar-refractivity contribution is 6.34. The van der Waals surface area contributed by atoms with E-state index in [1.54, 1.807) is 24.3 Å². The molecule has 6 heteroatoms. The van der Waals surface area contributed by atoms with Crippen molar-refractivity contribution in [2.45, 2.75) is 6.92 Å². The van der Waals surface area contributed by atoms with Gasteiger partial charge in [0.2, 0.25) is 0 Å². The van der Waals surface area contributed by atoms with Crippen LogP contribution in [-0.2, 0) is 0 Å². The number of hydrogen-bond donors (Lipinski definition) is 1. The molecule has 0 atom stereocenters. The number of anilines is 1. The minimum Gasteiger partial charge on any atom is -0.494 e. The molecule has 0 unspecified atom stereocenters. The fraction of sp³-hybridized carbons (Fsp3) is 0.0952. The lowest BCUT2D eigenvalue weighted by molar-refractivity contribution is 0.102. The molecule has 138 valence electrons. The fourth-order valence-electron chi connectivity index (χ4n) is 2.39. The number of halogens is 2. The Balaban J connectivity index is 1.63. The first-order chi connectivity index (χ1) is 13.0. The summed E-state index contributed by atoms with van der Waals surface area (Å²) in [7, 11) is 0. The van der Waals surface area contributed by atoms with Gasteiger partial charge in [0, 0.05) is 5.69 Å². The minimum atomic E-state index is -0.493. The van der Waals surface area contributed by atoms with E-state index in [9.17, 15) is 9.18 Å². The Morgan fingerprint density at radius 3 is 2.15 bits per heavy atom. The largest absolute Gasteiger partial charge is 0.494 e. The van der Waals surface area contributed by atoms with Crippen molar-refractivity contribution in [3.8, 4) is 17.2 Å². The SMILES string of the molecule is CCOc1ccc(Oc2ccc(NC(=O)c3ccc(F)cc3Cl)cc2)cc1. The monoisotopic (exact) mass is 385 g/mol. The Kier molecular flexibility index (Phi) is 5.94. The molecular weight excluding hydrogens is 369 g/mol. The first-order valence-electron chi connectivity index (χ1n) is 8.32. The molecular formula is C21H17ClFNO3. The normalized spacial score (nSPS) is 10.3. The number of hydrogen-bond acceptors (Lipinski definition) is 3. The molecule has 0 bridgehead atoms. The van der Waals surface area contributed by atoms with Crippen molar-refractivity contribution in [2.75, 3.05) is 11.9 Å². The van der Waals surface area contributed by atoms with Gasteiger partial charge in [0.1, 0.15) is 23.1 Å². The average Bonchev–Trinajstić information content (AvgIpc) is 2.65. The summed E-state index contributed by atoms with van der Waals surface area (Å²) in [6.07, 6.45) is 0. The summed E-state index contributed by atoms with van der Waals surface area (Å²) in [5.74, 6) is 1.17. The number of ether oxygens (including phenoxy) is 2. The third kappa shape index (κ3) is 4.99. The molecule has 0 saturated carbocycles. The number of benzene rings is 3. The van der Waals surface area contributed by atoms with Crippen LogP contribution in [0.1, 0.15) is 17.3 Å². The van der Waals surface area contributed by atoms with Gasteiger partial charge < -0.3 is 14.8 Å². The van der Waals surface area contributed by atoms with Gasteiger partial charge in [-0.2, -0.15) is 0 Å². The van der Waals surface area contributed by atoms with Gasteiger partial charge >= 0.3 is 0 Å². The van der Waals surface area contributed by atoms with E-state index < -0.39 is 11.7 Å². The third-order valence-corrected chi connectivity index (χ3v) is 3.97. The molecule has 0 spiro atoms. The summed E-state index contributed by atoms with van der Waals surface area (Å²) in [6, 6.07) is 17.8. The van der Waals surface area contributed by atoms with E-state index in [4.69, 9.17) is 21.1 Å². The minimum absolute atomic E-state index is 0.0583. The summed E-state index contributed by atoms with van der Waals surface area (Å²) in [4.78, 5) is 12.2. The Morgan fingerprint density at radius 2 is 1.56 bits per heavy atom. The van der Waals surface area contributed by atoms with E-state index in [-0.39, 0.29) is 10.6 Å². The molecule has 0 aromatic heterocycles. The Hall–Kier alpha value is -3.05. The van der Waals surface area contributed by atoms with Crippen molar-refractivity contribution in [1.82, 2.24) is 0 Å². The van der Waals surface area contributed by atoms with Crippen LogP contribution in [0.15, 0.2) is 66.7 Å². The Morgan fingerprint density at radius 1 is 0.963 bits per heavy atom. The van der Waals surface area contributed by atoms with E-state index in [1.165, 1.54) is 12.1 Å². The van der Waals surface area contributed by atoms with Gasteiger partial charge in [-0.1, -0.05) is 11.6 Å². The number of carbonyl (C=O) groups excluding carboxylic acids is 1. The molecule has 0 saturated heterocycles. The van der Waals surface area contributed by atoms with Crippen molar-refractivity contribution in [2.24, 2.45) is 0 Å². The molecule has 0 fully saturated rings. The highest BCUT2D eigenvalue weighted by Crippen LogP contribution is 2.25. The maximum atomic E-state index is 13.1. The molecule has 0 heterocycles. The Labute approximate surface area is 161 Å². The first-order valence-corrected chi connectivity index (χ1v) is 8.70. The van der Waals surface area contributed by atoms with E-state index in [0.29, 0.717) is 23.8 Å². The van der Waals surface area contributed by atoms with Gasteiger partial charge in [-0.05, 0) is 73.7 Å². The molecule has 3 aromatic rings. The van der Waals surface area contributed by atoms with Crippen LogP contribution in [0, 0.1) is 5.82 Å². The van der Waals surface area contributed by atoms with Crippen molar-refractivity contribution < 1.29 is 18.7 Å². The maximum Gasteiger partial charge on any atom is 0.257 e. The van der Waals surface area contributed by atoms with Crippen molar-refractivity contribution in [3.63, 3.8) is 0 Å². The van der Waals surface area contributed by atoms with Crippen LogP contribution in [0.3, 0.4) is 0 Å². The van der Waals surface area contributed by atoms with E-state index in [1.807, 2.05) is 31.2 Å². The summed E-state index contributed by atoms with van der Waals surface area (Å²) < 4.78 is 24.2. The standard InChI is InChI=1S/C21H17ClFNO3/c1-2-26-16-8-10-18(11-9-16)27-17-6-4-15(5-7-17)24-21(25)19-12-3-14(23)13-20(19)22/h3-13H,2H2,1H3,(H,24,25). The Bertz CT molecular complexity index is 927. The van der Waals surface area contributed by atoms with Crippen molar-refractivity contribution in [3.05, 3.63) is 83.1 Å². The average molecular weight is 386 g/mol. The molecule has 0 aliphatic heterocycles. The van der Waals surface area contributed by atoms with Crippen molar-refractivity contribution >= 4 is 23.2 Å². The predicted octanol–water partition coefficient (Wildman–Crippen LogP) is 5.92. The van der Waals surface area contributed by atoms with Crippen LogP contribution in [0.5, 0.6) is 17.2 Å². The zero-order valence-corrected chi connectivity index (χ0v) is 15.3. The van der Waals surface area contributed by atoms with Crippen LogP contribution in [-0.4, -0.2) is 12.5 Å². The fourth-order valence-corrected chi connectivity index (χ4v) is 2.64. The zero-order chi connectivity index (χ0) is 19.2. The topological polar surface area (TPSA) is 47.6 Å². The second-order valence-corrected chi connectivity index (χ2v) is 6.02. The first kappa shape index (κ1) is 18.7. The van der Waals surface area contributed by atoms with Gasteiger partial charge in [-0.15, -0.1) is 0 Å². The lowest BCUT2D eigenvalue weighted by Crippen LogP contribution is -2.12. The van der Waals surface area contributed by atoms with Gasteiger partial charge in [-0.3, -0.25) is 4.79 Å². The van der Waals surface area contributed by atoms with Gasteiger partial charge in [-0.25, -0.2) is 4.39 Å². The quantitative estimate of drug-likeness (QED) is 0.572. The highest BCUT2D eigenvalue weighted by atomic mass is 35.5. The summed E-state index contributed by atoms with van der Waals surface area (Å²) in [5, 5.41) is 2.77. The number of nitrogens with one attached hydrogen (secondary N) is 1. The van der Waals surface area contributed by atoms with Gasteiger partial charge in [0.05, 0.1) is 17.2 Å². The maximum absolute atomic E-state index is 13.1. The molecule has 1 amide bonds. The smallest absolute Gasteiger partial charge is 0.257 e. The molecule has 0 aliphatic carbocycles. The van der Waals surface area contributed by atoms with E-state index >= 15 is 0 Å². The van der Waals surface area contributed by atoms with Crippen LogP contribution in [0.4, 0.5) is 10.1 Å².